The molecular formula is C12H19N3. The van der Waals surface area contributed by atoms with Gasteiger partial charge in [0.15, 0.2) is 5.96 Å². The van der Waals surface area contributed by atoms with Crippen LogP contribution in [0.3, 0.4) is 0 Å². The second-order valence-corrected chi connectivity index (χ2v) is 3.58. The Kier molecular flexibility index (Phi) is 4.16. The van der Waals surface area contributed by atoms with Gasteiger partial charge in [0.05, 0.1) is 6.04 Å². The summed E-state index contributed by atoms with van der Waals surface area (Å²) in [5.74, 6) is 0.508. The molecule has 3 heteroatoms. The smallest absolute Gasteiger partial charge is 0.189 e. The Balaban J connectivity index is 2.73. The number of nitrogens with one attached hydrogen (secondary N) is 1. The number of nitrogens with two attached hydrogens (primary N) is 1. The summed E-state index contributed by atoms with van der Waals surface area (Å²) >= 11 is 0. The largest absolute Gasteiger partial charge is 0.370 e. The minimum absolute atomic E-state index is 0.196. The lowest BCUT2D eigenvalue weighted by molar-refractivity contribution is 0.704. The van der Waals surface area contributed by atoms with Crippen molar-refractivity contribution < 1.29 is 0 Å². The number of benzene rings is 1. The van der Waals surface area contributed by atoms with Crippen LogP contribution in [0.15, 0.2) is 29.3 Å². The van der Waals surface area contributed by atoms with E-state index in [4.69, 9.17) is 5.73 Å². The molecule has 1 atom stereocenters. The molecule has 0 saturated carbocycles. The number of guanidine groups is 1. The first-order chi connectivity index (χ1) is 7.15. The quantitative estimate of drug-likeness (QED) is 0.585. The van der Waals surface area contributed by atoms with E-state index in [1.54, 1.807) is 0 Å². The van der Waals surface area contributed by atoms with Crippen LogP contribution < -0.4 is 11.1 Å². The second-order valence-electron chi connectivity index (χ2n) is 3.58. The van der Waals surface area contributed by atoms with E-state index in [0.29, 0.717) is 12.5 Å². The molecule has 0 saturated heterocycles. The minimum atomic E-state index is 0.196. The average molecular weight is 205 g/mol. The van der Waals surface area contributed by atoms with E-state index in [2.05, 4.69) is 36.3 Å². The first-order valence-electron chi connectivity index (χ1n) is 5.27. The zero-order valence-corrected chi connectivity index (χ0v) is 9.62. The third-order valence-corrected chi connectivity index (χ3v) is 2.35. The molecule has 82 valence electrons. The maximum Gasteiger partial charge on any atom is 0.189 e. The molecule has 3 N–H and O–H groups in total. The highest BCUT2D eigenvalue weighted by Crippen LogP contribution is 2.15. The summed E-state index contributed by atoms with van der Waals surface area (Å²) in [6.45, 7) is 6.85. The van der Waals surface area contributed by atoms with Crippen LogP contribution in [-0.2, 0) is 0 Å². The maximum absolute atomic E-state index is 5.71. The zero-order chi connectivity index (χ0) is 11.3. The fourth-order valence-corrected chi connectivity index (χ4v) is 1.59. The SMILES string of the molecule is CCN=C(N)NC(C)c1ccccc1C. The van der Waals surface area contributed by atoms with Gasteiger partial charge in [0.25, 0.3) is 0 Å². The van der Waals surface area contributed by atoms with Crippen molar-refractivity contribution in [3.63, 3.8) is 0 Å². The molecule has 0 amide bonds. The van der Waals surface area contributed by atoms with Crippen LogP contribution in [0.25, 0.3) is 0 Å². The molecule has 0 heterocycles. The van der Waals surface area contributed by atoms with Gasteiger partial charge < -0.3 is 11.1 Å². The van der Waals surface area contributed by atoms with Gasteiger partial charge in [-0.05, 0) is 31.9 Å². The number of rotatable bonds is 3. The summed E-state index contributed by atoms with van der Waals surface area (Å²) in [5.41, 5.74) is 8.23. The molecule has 3 nitrogen and oxygen atoms in total. The van der Waals surface area contributed by atoms with Gasteiger partial charge in [-0.1, -0.05) is 24.3 Å². The van der Waals surface area contributed by atoms with Crippen molar-refractivity contribution in [2.45, 2.75) is 26.8 Å². The van der Waals surface area contributed by atoms with Gasteiger partial charge in [0.2, 0.25) is 0 Å². The highest BCUT2D eigenvalue weighted by molar-refractivity contribution is 5.78. The Morgan fingerprint density at radius 1 is 1.47 bits per heavy atom. The molecule has 1 unspecified atom stereocenters. The predicted molar refractivity (Wildman–Crippen MR) is 64.9 cm³/mol. The number of hydrogen-bond acceptors (Lipinski definition) is 1. The summed E-state index contributed by atoms with van der Waals surface area (Å²) in [6.07, 6.45) is 0. The highest BCUT2D eigenvalue weighted by atomic mass is 15.1. The van der Waals surface area contributed by atoms with E-state index in [-0.39, 0.29) is 6.04 Å². The number of nitrogens with zero attached hydrogens (tertiary/aromatic N) is 1. The number of hydrogen-bond donors (Lipinski definition) is 2. The topological polar surface area (TPSA) is 50.4 Å². The molecule has 0 aliphatic rings. The Morgan fingerprint density at radius 3 is 2.73 bits per heavy atom. The van der Waals surface area contributed by atoms with E-state index >= 15 is 0 Å². The van der Waals surface area contributed by atoms with Crippen LogP contribution in [0.1, 0.15) is 31.0 Å². The normalized spacial score (nSPS) is 13.7. The van der Waals surface area contributed by atoms with Crippen molar-refractivity contribution in [2.24, 2.45) is 10.7 Å². The first kappa shape index (κ1) is 11.6. The summed E-state index contributed by atoms with van der Waals surface area (Å²) in [7, 11) is 0. The molecule has 15 heavy (non-hydrogen) atoms. The second kappa shape index (κ2) is 5.39. The molecular weight excluding hydrogens is 186 g/mol. The molecule has 0 bridgehead atoms. The van der Waals surface area contributed by atoms with Crippen molar-refractivity contribution >= 4 is 5.96 Å². The van der Waals surface area contributed by atoms with Crippen LogP contribution in [0.5, 0.6) is 0 Å². The lowest BCUT2D eigenvalue weighted by Crippen LogP contribution is -2.34. The molecule has 1 rings (SSSR count). The number of aliphatic imine (C=N–C) groups is 1. The summed E-state index contributed by atoms with van der Waals surface area (Å²) in [4.78, 5) is 4.10. The zero-order valence-electron chi connectivity index (χ0n) is 9.62. The Hall–Kier alpha value is -1.51. The molecule has 0 aliphatic heterocycles. The lowest BCUT2D eigenvalue weighted by atomic mass is 10.0. The van der Waals surface area contributed by atoms with Crippen molar-refractivity contribution in [1.29, 1.82) is 0 Å². The molecule has 1 aromatic carbocycles. The summed E-state index contributed by atoms with van der Waals surface area (Å²) in [6, 6.07) is 8.47. The van der Waals surface area contributed by atoms with Crippen LogP contribution in [0.4, 0.5) is 0 Å². The Morgan fingerprint density at radius 2 is 2.13 bits per heavy atom. The van der Waals surface area contributed by atoms with Gasteiger partial charge in [-0.3, -0.25) is 4.99 Å². The Labute approximate surface area is 91.4 Å². The maximum atomic E-state index is 5.71. The third-order valence-electron chi connectivity index (χ3n) is 2.35. The fourth-order valence-electron chi connectivity index (χ4n) is 1.59. The van der Waals surface area contributed by atoms with E-state index in [0.717, 1.165) is 0 Å². The minimum Gasteiger partial charge on any atom is -0.370 e. The summed E-state index contributed by atoms with van der Waals surface area (Å²) in [5, 5.41) is 3.17. The molecule has 0 fully saturated rings. The van der Waals surface area contributed by atoms with Crippen LogP contribution in [0.2, 0.25) is 0 Å². The van der Waals surface area contributed by atoms with Gasteiger partial charge in [0, 0.05) is 6.54 Å². The Bertz CT molecular complexity index is 344. The molecule has 0 radical (unpaired) electrons. The van der Waals surface area contributed by atoms with E-state index in [1.165, 1.54) is 11.1 Å². The highest BCUT2D eigenvalue weighted by Gasteiger charge is 2.07. The van der Waals surface area contributed by atoms with Gasteiger partial charge in [0.1, 0.15) is 0 Å². The number of aryl methyl sites for hydroxylation is 1. The summed E-state index contributed by atoms with van der Waals surface area (Å²) < 4.78 is 0. The van der Waals surface area contributed by atoms with E-state index < -0.39 is 0 Å². The van der Waals surface area contributed by atoms with Crippen molar-refractivity contribution in [1.82, 2.24) is 5.32 Å². The third kappa shape index (κ3) is 3.27. The van der Waals surface area contributed by atoms with Crippen molar-refractivity contribution in [3.05, 3.63) is 35.4 Å². The van der Waals surface area contributed by atoms with Crippen molar-refractivity contribution in [3.8, 4) is 0 Å². The lowest BCUT2D eigenvalue weighted by Gasteiger charge is -2.16. The van der Waals surface area contributed by atoms with Gasteiger partial charge in [-0.2, -0.15) is 0 Å². The molecule has 0 aromatic heterocycles. The fraction of sp³-hybridized carbons (Fsp3) is 0.417. The molecule has 0 aliphatic carbocycles. The predicted octanol–water partition coefficient (Wildman–Crippen LogP) is 1.98. The molecule has 1 aromatic rings. The first-order valence-corrected chi connectivity index (χ1v) is 5.27. The van der Waals surface area contributed by atoms with Crippen molar-refractivity contribution in [2.75, 3.05) is 6.54 Å². The van der Waals surface area contributed by atoms with Gasteiger partial charge >= 0.3 is 0 Å². The average Bonchev–Trinajstić information content (AvgIpc) is 2.18. The van der Waals surface area contributed by atoms with E-state index in [1.807, 2.05) is 19.1 Å². The van der Waals surface area contributed by atoms with Crippen LogP contribution >= 0.6 is 0 Å². The van der Waals surface area contributed by atoms with Gasteiger partial charge in [-0.25, -0.2) is 0 Å². The monoisotopic (exact) mass is 205 g/mol. The molecule has 0 spiro atoms. The van der Waals surface area contributed by atoms with Gasteiger partial charge in [-0.15, -0.1) is 0 Å². The van der Waals surface area contributed by atoms with Crippen LogP contribution in [0, 0.1) is 6.92 Å². The van der Waals surface area contributed by atoms with Crippen LogP contribution in [-0.4, -0.2) is 12.5 Å². The van der Waals surface area contributed by atoms with E-state index in [9.17, 15) is 0 Å². The standard InChI is InChI=1S/C12H19N3/c1-4-14-12(13)15-10(3)11-8-6-5-7-9(11)2/h5-8,10H,4H2,1-3H3,(H3,13,14,15).